The molecule has 0 fully saturated rings. The van der Waals surface area contributed by atoms with Crippen LogP contribution in [-0.2, 0) is 11.3 Å². The Bertz CT molecular complexity index is 1620. The van der Waals surface area contributed by atoms with Gasteiger partial charge in [-0.2, -0.15) is 0 Å². The van der Waals surface area contributed by atoms with Gasteiger partial charge in [0.05, 0.1) is 36.8 Å². The van der Waals surface area contributed by atoms with E-state index in [2.05, 4.69) is 15.0 Å². The number of benzene rings is 2. The van der Waals surface area contributed by atoms with Crippen LogP contribution in [0.2, 0.25) is 5.02 Å². The average molecular weight is 510 g/mol. The molecule has 186 valence electrons. The van der Waals surface area contributed by atoms with Crippen molar-refractivity contribution >= 4 is 34.2 Å². The second-order valence-electron chi connectivity index (χ2n) is 8.33. The second kappa shape index (κ2) is 10.2. The molecule has 0 aliphatic heterocycles. The molecule has 4 aromatic rings. The Kier molecular flexibility index (Phi) is 7.07. The van der Waals surface area contributed by atoms with Gasteiger partial charge in [0.25, 0.3) is 0 Å². The van der Waals surface area contributed by atoms with E-state index in [1.807, 2.05) is 6.07 Å². The van der Waals surface area contributed by atoms with E-state index in [0.717, 1.165) is 15.5 Å². The van der Waals surface area contributed by atoms with Crippen LogP contribution in [0, 0.1) is 5.92 Å². The summed E-state index contributed by atoms with van der Waals surface area (Å²) in [4.78, 5) is 49.6. The molecule has 11 heteroatoms. The molecule has 0 unspecified atom stereocenters. The smallest absolute Gasteiger partial charge is 0.335 e. The highest BCUT2D eigenvalue weighted by molar-refractivity contribution is 6.30. The van der Waals surface area contributed by atoms with E-state index in [4.69, 9.17) is 16.3 Å². The largest absolute Gasteiger partial charge is 0.481 e. The number of nitrogens with zero attached hydrogens (tertiary/aromatic N) is 4. The summed E-state index contributed by atoms with van der Waals surface area (Å²) in [6, 6.07) is 14.8. The number of carboxylic acids is 1. The first kappa shape index (κ1) is 24.9. The monoisotopic (exact) mass is 509 g/mol. The summed E-state index contributed by atoms with van der Waals surface area (Å²) in [6.07, 6.45) is 0. The minimum absolute atomic E-state index is 0.0206. The number of H-pyrrole nitrogens is 1. The zero-order chi connectivity index (χ0) is 26.0. The number of aromatic nitrogens is 4. The standard InChI is InChI=1S/C25H24ClN5O5/c1-14(22(32)33)15(2)31-24(34)29-23(30(25(31)35)13-16-4-7-18(26)8-5-16)27-19-9-10-20-17(12-19)6-11-21(28-20)36-3/h4-12,14-15H,13H2,1-3H3,(H,32,33)(H,27,29,34)/t14-,15+/m1/s1. The third-order valence-corrected chi connectivity index (χ3v) is 6.25. The number of hydrogen-bond acceptors (Lipinski definition) is 6. The first-order valence-corrected chi connectivity index (χ1v) is 11.5. The number of rotatable bonds is 7. The molecule has 36 heavy (non-hydrogen) atoms. The highest BCUT2D eigenvalue weighted by Gasteiger charge is 2.25. The van der Waals surface area contributed by atoms with Gasteiger partial charge >= 0.3 is 17.3 Å². The minimum atomic E-state index is -1.12. The van der Waals surface area contributed by atoms with Crippen molar-refractivity contribution in [1.29, 1.82) is 0 Å². The van der Waals surface area contributed by atoms with Gasteiger partial charge in [-0.1, -0.05) is 23.7 Å². The van der Waals surface area contributed by atoms with Crippen molar-refractivity contribution in [3.05, 3.63) is 91.8 Å². The maximum Gasteiger partial charge on any atom is 0.335 e. The molecule has 0 radical (unpaired) electrons. The predicted octanol–water partition coefficient (Wildman–Crippen LogP) is 3.11. The Balaban J connectivity index is 1.91. The lowest BCUT2D eigenvalue weighted by Gasteiger charge is -2.19. The van der Waals surface area contributed by atoms with Crippen molar-refractivity contribution in [3.8, 4) is 5.88 Å². The number of methoxy groups -OCH3 is 1. The summed E-state index contributed by atoms with van der Waals surface area (Å²) in [7, 11) is 1.54. The topological polar surface area (TPSA) is 132 Å². The van der Waals surface area contributed by atoms with Crippen molar-refractivity contribution in [2.45, 2.75) is 26.4 Å². The molecule has 2 atom stereocenters. The van der Waals surface area contributed by atoms with Gasteiger partial charge in [0.15, 0.2) is 0 Å². The van der Waals surface area contributed by atoms with Gasteiger partial charge < -0.3 is 9.84 Å². The molecular formula is C25H24ClN5O5. The van der Waals surface area contributed by atoms with Crippen molar-refractivity contribution in [2.24, 2.45) is 10.9 Å². The molecule has 4 rings (SSSR count). The highest BCUT2D eigenvalue weighted by Crippen LogP contribution is 2.22. The summed E-state index contributed by atoms with van der Waals surface area (Å²) in [5.74, 6) is -1.61. The first-order valence-electron chi connectivity index (χ1n) is 11.1. The fourth-order valence-corrected chi connectivity index (χ4v) is 3.85. The van der Waals surface area contributed by atoms with Crippen LogP contribution >= 0.6 is 11.6 Å². The Labute approximate surface area is 210 Å². The summed E-state index contributed by atoms with van der Waals surface area (Å²) in [5, 5.41) is 10.7. The summed E-state index contributed by atoms with van der Waals surface area (Å²) in [6.45, 7) is 3.04. The van der Waals surface area contributed by atoms with E-state index in [1.165, 1.54) is 25.5 Å². The summed E-state index contributed by atoms with van der Waals surface area (Å²) in [5.41, 5.74) is 0.512. The molecule has 0 spiro atoms. The minimum Gasteiger partial charge on any atom is -0.481 e. The van der Waals surface area contributed by atoms with E-state index in [0.29, 0.717) is 22.1 Å². The van der Waals surface area contributed by atoms with Crippen LogP contribution < -0.4 is 21.7 Å². The Morgan fingerprint density at radius 1 is 1.14 bits per heavy atom. The SMILES string of the molecule is COc1ccc2cc(/N=c3\[nH]c(=O)n([C@@H](C)[C@@H](C)C(=O)O)c(=O)n3Cc3ccc(Cl)cc3)ccc2n1. The number of carboxylic acid groups (broad SMARTS) is 1. The average Bonchev–Trinajstić information content (AvgIpc) is 2.86. The number of ether oxygens (including phenoxy) is 1. The van der Waals surface area contributed by atoms with Crippen molar-refractivity contribution in [1.82, 2.24) is 19.1 Å². The third kappa shape index (κ3) is 5.08. The maximum absolute atomic E-state index is 13.5. The van der Waals surface area contributed by atoms with Crippen molar-refractivity contribution in [3.63, 3.8) is 0 Å². The van der Waals surface area contributed by atoms with Crippen LogP contribution in [0.5, 0.6) is 5.88 Å². The Morgan fingerprint density at radius 2 is 1.86 bits per heavy atom. The van der Waals surface area contributed by atoms with Crippen LogP contribution in [0.4, 0.5) is 5.69 Å². The number of carbonyl (C=O) groups is 1. The van der Waals surface area contributed by atoms with Crippen LogP contribution in [0.1, 0.15) is 25.5 Å². The summed E-state index contributed by atoms with van der Waals surface area (Å²) >= 11 is 6.00. The van der Waals surface area contributed by atoms with E-state index in [1.54, 1.807) is 48.5 Å². The molecule has 2 heterocycles. The molecule has 2 aromatic heterocycles. The van der Waals surface area contributed by atoms with Gasteiger partial charge in [-0.3, -0.25) is 14.3 Å². The predicted molar refractivity (Wildman–Crippen MR) is 135 cm³/mol. The maximum atomic E-state index is 13.5. The molecule has 0 aliphatic rings. The van der Waals surface area contributed by atoms with Crippen LogP contribution in [0.25, 0.3) is 10.9 Å². The first-order chi connectivity index (χ1) is 17.2. The van der Waals surface area contributed by atoms with E-state index in [9.17, 15) is 19.5 Å². The van der Waals surface area contributed by atoms with Gasteiger partial charge in [-0.05, 0) is 55.8 Å². The van der Waals surface area contributed by atoms with Crippen LogP contribution in [0.3, 0.4) is 0 Å². The highest BCUT2D eigenvalue weighted by atomic mass is 35.5. The van der Waals surface area contributed by atoms with Crippen molar-refractivity contribution < 1.29 is 14.6 Å². The van der Waals surface area contributed by atoms with Crippen molar-refractivity contribution in [2.75, 3.05) is 7.11 Å². The number of aliphatic carboxylic acids is 1. The number of aromatic amines is 1. The molecule has 2 N–H and O–H groups in total. The lowest BCUT2D eigenvalue weighted by Crippen LogP contribution is -2.52. The number of pyridine rings is 1. The molecule has 0 amide bonds. The van der Waals surface area contributed by atoms with Gasteiger partial charge in [0, 0.05) is 16.5 Å². The van der Waals surface area contributed by atoms with Gasteiger partial charge in [-0.25, -0.2) is 24.1 Å². The normalized spacial score (nSPS) is 13.5. The van der Waals surface area contributed by atoms with Gasteiger partial charge in [0.1, 0.15) is 0 Å². The molecule has 0 bridgehead atoms. The quantitative estimate of drug-likeness (QED) is 0.393. The zero-order valence-electron chi connectivity index (χ0n) is 19.8. The summed E-state index contributed by atoms with van der Waals surface area (Å²) < 4.78 is 7.36. The van der Waals surface area contributed by atoms with Gasteiger partial charge in [-0.15, -0.1) is 0 Å². The fraction of sp³-hybridized carbons (Fsp3) is 0.240. The molecule has 0 saturated heterocycles. The van der Waals surface area contributed by atoms with E-state index >= 15 is 0 Å². The van der Waals surface area contributed by atoms with Gasteiger partial charge in [0.2, 0.25) is 11.5 Å². The lowest BCUT2D eigenvalue weighted by molar-refractivity contribution is -0.142. The number of hydrogen-bond donors (Lipinski definition) is 2. The number of halogens is 1. The van der Waals surface area contributed by atoms with Crippen LogP contribution in [-0.4, -0.2) is 37.3 Å². The number of fused-ring (bicyclic) bond motifs is 1. The fourth-order valence-electron chi connectivity index (χ4n) is 3.72. The third-order valence-electron chi connectivity index (χ3n) is 6.00. The Hall–Kier alpha value is -4.18. The van der Waals surface area contributed by atoms with E-state index < -0.39 is 29.3 Å². The second-order valence-corrected chi connectivity index (χ2v) is 8.77. The number of nitrogens with one attached hydrogen (secondary N) is 1. The van der Waals surface area contributed by atoms with E-state index in [-0.39, 0.29) is 12.2 Å². The molecule has 10 nitrogen and oxygen atoms in total. The Morgan fingerprint density at radius 3 is 2.53 bits per heavy atom. The molecular weight excluding hydrogens is 486 g/mol. The van der Waals surface area contributed by atoms with Crippen LogP contribution in [0.15, 0.2) is 69.2 Å². The zero-order valence-corrected chi connectivity index (χ0v) is 20.6. The molecule has 0 aliphatic carbocycles. The molecule has 2 aromatic carbocycles. The molecule has 0 saturated carbocycles. The lowest BCUT2D eigenvalue weighted by atomic mass is 10.0.